The van der Waals surface area contributed by atoms with E-state index < -0.39 is 5.25 Å². The van der Waals surface area contributed by atoms with Gasteiger partial charge in [-0.1, -0.05) is 30.0 Å². The van der Waals surface area contributed by atoms with E-state index in [0.29, 0.717) is 10.8 Å². The third-order valence-electron chi connectivity index (χ3n) is 2.85. The van der Waals surface area contributed by atoms with E-state index in [1.807, 2.05) is 6.07 Å². The van der Waals surface area contributed by atoms with E-state index in [4.69, 9.17) is 5.73 Å². The van der Waals surface area contributed by atoms with Crippen LogP contribution in [0.15, 0.2) is 35.5 Å². The van der Waals surface area contributed by atoms with Crippen molar-refractivity contribution in [2.75, 3.05) is 10.6 Å². The van der Waals surface area contributed by atoms with Gasteiger partial charge in [0, 0.05) is 6.42 Å². The van der Waals surface area contributed by atoms with Gasteiger partial charge in [-0.25, -0.2) is 10.00 Å². The van der Waals surface area contributed by atoms with Gasteiger partial charge in [-0.2, -0.15) is 4.98 Å². The number of nitrogens with one attached hydrogen (secondary N) is 1. The van der Waals surface area contributed by atoms with Gasteiger partial charge in [-0.3, -0.25) is 9.59 Å². The second kappa shape index (κ2) is 4.97. The number of H-pyrrole nitrogens is 1. The lowest BCUT2D eigenvalue weighted by atomic mass is 10.3. The first-order valence-corrected chi connectivity index (χ1v) is 6.79. The zero-order valence-electron chi connectivity index (χ0n) is 10.3. The zero-order valence-corrected chi connectivity index (χ0v) is 11.1. The Bertz CT molecular complexity index is 657. The molecule has 102 valence electrons. The molecule has 3 N–H and O–H groups in total. The van der Waals surface area contributed by atoms with Crippen molar-refractivity contribution in [3.05, 3.63) is 30.3 Å². The van der Waals surface area contributed by atoms with Crippen molar-refractivity contribution >= 4 is 35.2 Å². The normalized spacial score (nSPS) is 18.8. The molecule has 1 aliphatic heterocycles. The molecule has 1 aliphatic rings. The molecule has 2 amide bonds. The maximum absolute atomic E-state index is 12.3. The molecule has 1 saturated heterocycles. The fourth-order valence-electron chi connectivity index (χ4n) is 1.98. The quantitative estimate of drug-likeness (QED) is 0.810. The number of hydrogen-bond acceptors (Lipinski definition) is 6. The number of nitrogens with two attached hydrogens (primary N) is 1. The Morgan fingerprint density at radius 2 is 2.05 bits per heavy atom. The smallest absolute Gasteiger partial charge is 0.247 e. The number of anilines is 2. The Balaban J connectivity index is 1.80. The van der Waals surface area contributed by atoms with Gasteiger partial charge in [0.25, 0.3) is 0 Å². The predicted molar refractivity (Wildman–Crippen MR) is 74.0 cm³/mol. The Hall–Kier alpha value is -2.35. The molecule has 2 heterocycles. The highest BCUT2D eigenvalue weighted by Crippen LogP contribution is 2.32. The molecule has 0 spiro atoms. The number of benzene rings is 1. The molecule has 1 aromatic heterocycles. The van der Waals surface area contributed by atoms with Crippen LogP contribution in [0.4, 0.5) is 11.6 Å². The van der Waals surface area contributed by atoms with Crippen LogP contribution >= 0.6 is 11.8 Å². The second-order valence-electron chi connectivity index (χ2n) is 4.22. The Morgan fingerprint density at radius 3 is 2.70 bits per heavy atom. The summed E-state index contributed by atoms with van der Waals surface area (Å²) in [6.07, 6.45) is 0.132. The van der Waals surface area contributed by atoms with Crippen molar-refractivity contribution in [2.45, 2.75) is 16.8 Å². The van der Waals surface area contributed by atoms with Crippen LogP contribution in [0, 0.1) is 0 Å². The number of aromatic amines is 1. The van der Waals surface area contributed by atoms with Crippen molar-refractivity contribution in [2.24, 2.45) is 0 Å². The summed E-state index contributed by atoms with van der Waals surface area (Å²) in [5.74, 6) is -0.291. The number of rotatable bonds is 3. The van der Waals surface area contributed by atoms with Crippen LogP contribution in [0.3, 0.4) is 0 Å². The first-order chi connectivity index (χ1) is 9.65. The first-order valence-electron chi connectivity index (χ1n) is 5.91. The maximum Gasteiger partial charge on any atom is 0.247 e. The summed E-state index contributed by atoms with van der Waals surface area (Å²) in [6, 6.07) is 8.86. The molecular weight excluding hydrogens is 278 g/mol. The van der Waals surface area contributed by atoms with Crippen LogP contribution in [0.2, 0.25) is 0 Å². The van der Waals surface area contributed by atoms with Gasteiger partial charge >= 0.3 is 0 Å². The van der Waals surface area contributed by atoms with Crippen molar-refractivity contribution in [3.63, 3.8) is 0 Å². The molecule has 7 nitrogen and oxygen atoms in total. The summed E-state index contributed by atoms with van der Waals surface area (Å²) in [5, 5.41) is 6.20. The number of carbonyl (C=O) groups is 2. The summed E-state index contributed by atoms with van der Waals surface area (Å²) in [7, 11) is 0. The number of hydrogen-bond donors (Lipinski definition) is 2. The fraction of sp³-hybridized carbons (Fsp3) is 0.167. The molecule has 20 heavy (non-hydrogen) atoms. The summed E-state index contributed by atoms with van der Waals surface area (Å²) in [6.45, 7) is 0. The summed E-state index contributed by atoms with van der Waals surface area (Å²) in [5.41, 5.74) is 6.01. The van der Waals surface area contributed by atoms with E-state index in [1.165, 1.54) is 4.90 Å². The van der Waals surface area contributed by atoms with E-state index in [2.05, 4.69) is 15.2 Å². The third-order valence-corrected chi connectivity index (χ3v) is 3.90. The summed E-state index contributed by atoms with van der Waals surface area (Å²) < 4.78 is 0. The molecule has 1 atom stereocenters. The second-order valence-corrected chi connectivity index (χ2v) is 5.39. The van der Waals surface area contributed by atoms with Gasteiger partial charge in [-0.15, -0.1) is 5.10 Å². The highest BCUT2D eigenvalue weighted by Gasteiger charge is 2.40. The van der Waals surface area contributed by atoms with E-state index >= 15 is 0 Å². The van der Waals surface area contributed by atoms with Crippen molar-refractivity contribution in [1.82, 2.24) is 15.2 Å². The minimum atomic E-state index is -0.516. The average Bonchev–Trinajstić information content (AvgIpc) is 2.96. The van der Waals surface area contributed by atoms with Crippen LogP contribution in [0.5, 0.6) is 0 Å². The van der Waals surface area contributed by atoms with Gasteiger partial charge in [0.1, 0.15) is 5.25 Å². The summed E-state index contributed by atoms with van der Waals surface area (Å²) >= 11 is 1.14. The number of aromatic nitrogens is 3. The molecule has 0 bridgehead atoms. The number of amides is 2. The maximum atomic E-state index is 12.3. The Kier molecular flexibility index (Phi) is 3.15. The highest BCUT2D eigenvalue weighted by molar-refractivity contribution is 8.00. The monoisotopic (exact) mass is 289 g/mol. The molecule has 0 radical (unpaired) electrons. The molecule has 1 fully saturated rings. The van der Waals surface area contributed by atoms with E-state index in [1.54, 1.807) is 24.3 Å². The van der Waals surface area contributed by atoms with Gasteiger partial charge in [0.15, 0.2) is 0 Å². The van der Waals surface area contributed by atoms with Crippen LogP contribution in [-0.4, -0.2) is 32.2 Å². The molecule has 1 unspecified atom stereocenters. The fourth-order valence-corrected chi connectivity index (χ4v) is 2.92. The summed E-state index contributed by atoms with van der Waals surface area (Å²) in [4.78, 5) is 29.4. The van der Waals surface area contributed by atoms with Crippen molar-refractivity contribution < 1.29 is 9.59 Å². The molecule has 8 heteroatoms. The third kappa shape index (κ3) is 2.25. The van der Waals surface area contributed by atoms with E-state index in [-0.39, 0.29) is 24.2 Å². The number of nitrogen functional groups attached to an aromatic ring is 1. The SMILES string of the molecule is Nc1nc(SC2CC(=O)N(c3ccccc3)C2=O)n[nH]1. The number of thioether (sulfide) groups is 1. The first kappa shape index (κ1) is 12.7. The van der Waals surface area contributed by atoms with Crippen molar-refractivity contribution in [3.8, 4) is 0 Å². The zero-order chi connectivity index (χ0) is 14.1. The van der Waals surface area contributed by atoms with Crippen LogP contribution < -0.4 is 10.6 Å². The van der Waals surface area contributed by atoms with Crippen LogP contribution in [0.25, 0.3) is 0 Å². The van der Waals surface area contributed by atoms with E-state index in [9.17, 15) is 9.59 Å². The topological polar surface area (TPSA) is 105 Å². The largest absolute Gasteiger partial charge is 0.368 e. The average molecular weight is 289 g/mol. The number of nitrogens with zero attached hydrogens (tertiary/aromatic N) is 3. The van der Waals surface area contributed by atoms with E-state index in [0.717, 1.165) is 11.8 Å². The van der Waals surface area contributed by atoms with Gasteiger partial charge in [0.05, 0.1) is 5.69 Å². The standard InChI is InChI=1S/C12H11N5O2S/c13-11-14-12(16-15-11)20-8-6-9(18)17(10(8)19)7-4-2-1-3-5-7/h1-5,8H,6H2,(H3,13,14,15,16). The molecule has 0 aliphatic carbocycles. The van der Waals surface area contributed by atoms with Crippen LogP contribution in [-0.2, 0) is 9.59 Å². The molecule has 0 saturated carbocycles. The van der Waals surface area contributed by atoms with Crippen LogP contribution in [0.1, 0.15) is 6.42 Å². The highest BCUT2D eigenvalue weighted by atomic mass is 32.2. The number of para-hydroxylation sites is 1. The predicted octanol–water partition coefficient (Wildman–Crippen LogP) is 0.811. The lowest BCUT2D eigenvalue weighted by Gasteiger charge is -2.14. The Labute approximate surface area is 118 Å². The molecule has 2 aromatic rings. The molecule has 3 rings (SSSR count). The number of imide groups is 1. The molecule has 1 aromatic carbocycles. The molecular formula is C12H11N5O2S. The minimum Gasteiger partial charge on any atom is -0.368 e. The minimum absolute atomic E-state index is 0.132. The van der Waals surface area contributed by atoms with Gasteiger partial charge < -0.3 is 5.73 Å². The lowest BCUT2D eigenvalue weighted by Crippen LogP contribution is -2.31. The lowest BCUT2D eigenvalue weighted by molar-refractivity contribution is -0.121. The van der Waals surface area contributed by atoms with Gasteiger partial charge in [0.2, 0.25) is 22.9 Å². The number of carbonyl (C=O) groups excluding carboxylic acids is 2. The Morgan fingerprint density at radius 1 is 1.30 bits per heavy atom. The van der Waals surface area contributed by atoms with Crippen molar-refractivity contribution in [1.29, 1.82) is 0 Å². The van der Waals surface area contributed by atoms with Gasteiger partial charge in [-0.05, 0) is 12.1 Å².